The lowest BCUT2D eigenvalue weighted by Gasteiger charge is -2.13. The number of amides is 2. The summed E-state index contributed by atoms with van der Waals surface area (Å²) in [6.07, 6.45) is -0.357. The molecular formula is C19H21ClN2O4. The lowest BCUT2D eigenvalue weighted by molar-refractivity contribution is -0.123. The van der Waals surface area contributed by atoms with Gasteiger partial charge in [-0.25, -0.2) is 0 Å². The van der Waals surface area contributed by atoms with Crippen molar-refractivity contribution in [2.45, 2.75) is 20.3 Å². The maximum Gasteiger partial charge on any atom is 0.233 e. The summed E-state index contributed by atoms with van der Waals surface area (Å²) in [7, 11) is 3.01. The molecule has 0 aliphatic rings. The molecule has 2 aromatic rings. The number of hydrogen-bond donors (Lipinski definition) is 2. The lowest BCUT2D eigenvalue weighted by atomic mass is 10.1. The van der Waals surface area contributed by atoms with Crippen LogP contribution >= 0.6 is 11.6 Å². The van der Waals surface area contributed by atoms with Gasteiger partial charge in [0.25, 0.3) is 0 Å². The topological polar surface area (TPSA) is 76.7 Å². The van der Waals surface area contributed by atoms with Gasteiger partial charge >= 0.3 is 0 Å². The van der Waals surface area contributed by atoms with E-state index in [4.69, 9.17) is 21.1 Å². The van der Waals surface area contributed by atoms with Gasteiger partial charge in [0, 0.05) is 6.07 Å². The van der Waals surface area contributed by atoms with E-state index < -0.39 is 11.8 Å². The summed E-state index contributed by atoms with van der Waals surface area (Å²) in [5.74, 6) is 0.0951. The lowest BCUT2D eigenvalue weighted by Crippen LogP contribution is -2.22. The SMILES string of the molecule is COc1ccc(OC)c(NC(=O)CC(=O)Nc2c(C)cc(C)cc2Cl)c1. The van der Waals surface area contributed by atoms with Crippen LogP contribution in [0.5, 0.6) is 11.5 Å². The van der Waals surface area contributed by atoms with E-state index in [1.165, 1.54) is 14.2 Å². The van der Waals surface area contributed by atoms with Crippen LogP contribution in [0, 0.1) is 13.8 Å². The number of carbonyl (C=O) groups is 2. The van der Waals surface area contributed by atoms with Crippen LogP contribution in [0.3, 0.4) is 0 Å². The third-order valence-corrected chi connectivity index (χ3v) is 4.00. The van der Waals surface area contributed by atoms with Crippen LogP contribution in [0.4, 0.5) is 11.4 Å². The molecule has 0 spiro atoms. The van der Waals surface area contributed by atoms with Crippen LogP contribution in [0.2, 0.25) is 5.02 Å². The van der Waals surface area contributed by atoms with Crippen LogP contribution in [0.15, 0.2) is 30.3 Å². The third-order valence-electron chi connectivity index (χ3n) is 3.70. The highest BCUT2D eigenvalue weighted by molar-refractivity contribution is 6.34. The van der Waals surface area contributed by atoms with Crippen molar-refractivity contribution in [3.05, 3.63) is 46.5 Å². The molecule has 2 N–H and O–H groups in total. The molecule has 0 aromatic heterocycles. The Morgan fingerprint density at radius 3 is 2.31 bits per heavy atom. The van der Waals surface area contributed by atoms with Gasteiger partial charge < -0.3 is 20.1 Å². The second kappa shape index (κ2) is 8.58. The minimum atomic E-state index is -0.477. The van der Waals surface area contributed by atoms with Crippen molar-refractivity contribution in [1.29, 1.82) is 0 Å². The highest BCUT2D eigenvalue weighted by atomic mass is 35.5. The zero-order valence-electron chi connectivity index (χ0n) is 15.1. The Kier molecular flexibility index (Phi) is 6.46. The fourth-order valence-corrected chi connectivity index (χ4v) is 2.88. The number of halogens is 1. The van der Waals surface area contributed by atoms with Gasteiger partial charge in [-0.1, -0.05) is 17.7 Å². The third kappa shape index (κ3) is 4.89. The molecule has 138 valence electrons. The zero-order valence-corrected chi connectivity index (χ0v) is 15.9. The first kappa shape index (κ1) is 19.6. The Hall–Kier alpha value is -2.73. The van der Waals surface area contributed by atoms with E-state index in [1.807, 2.05) is 19.9 Å². The molecule has 0 bridgehead atoms. The molecular weight excluding hydrogens is 356 g/mol. The smallest absolute Gasteiger partial charge is 0.233 e. The quantitative estimate of drug-likeness (QED) is 0.748. The number of ether oxygens (including phenoxy) is 2. The normalized spacial score (nSPS) is 10.2. The maximum atomic E-state index is 12.2. The zero-order chi connectivity index (χ0) is 19.3. The van der Waals surface area contributed by atoms with E-state index in [0.29, 0.717) is 27.9 Å². The molecule has 7 heteroatoms. The Bertz CT molecular complexity index is 813. The van der Waals surface area contributed by atoms with Crippen LogP contribution in [-0.2, 0) is 9.59 Å². The van der Waals surface area contributed by atoms with Gasteiger partial charge in [-0.15, -0.1) is 0 Å². The molecule has 0 saturated carbocycles. The number of rotatable bonds is 6. The van der Waals surface area contributed by atoms with Crippen molar-refractivity contribution in [3.63, 3.8) is 0 Å². The van der Waals surface area contributed by atoms with Gasteiger partial charge in [-0.3, -0.25) is 9.59 Å². The number of hydrogen-bond acceptors (Lipinski definition) is 4. The molecule has 2 amide bonds. The first-order valence-electron chi connectivity index (χ1n) is 7.92. The van der Waals surface area contributed by atoms with E-state index in [1.54, 1.807) is 24.3 Å². The predicted octanol–water partition coefficient (Wildman–Crippen LogP) is 3.94. The largest absolute Gasteiger partial charge is 0.497 e. The number of nitrogens with one attached hydrogen (secondary N) is 2. The van der Waals surface area contributed by atoms with E-state index in [0.717, 1.165) is 11.1 Å². The van der Waals surface area contributed by atoms with Gasteiger partial charge in [0.2, 0.25) is 11.8 Å². The first-order valence-corrected chi connectivity index (χ1v) is 8.30. The van der Waals surface area contributed by atoms with Crippen molar-refractivity contribution in [1.82, 2.24) is 0 Å². The number of methoxy groups -OCH3 is 2. The molecule has 2 aromatic carbocycles. The molecule has 0 atom stereocenters. The van der Waals surface area contributed by atoms with Crippen molar-refractivity contribution >= 4 is 34.8 Å². The van der Waals surface area contributed by atoms with Crippen molar-refractivity contribution in [2.75, 3.05) is 24.9 Å². The summed E-state index contributed by atoms with van der Waals surface area (Å²) < 4.78 is 10.3. The average molecular weight is 377 g/mol. The molecule has 2 rings (SSSR count). The number of carbonyl (C=O) groups excluding carboxylic acids is 2. The summed E-state index contributed by atoms with van der Waals surface area (Å²) in [4.78, 5) is 24.4. The van der Waals surface area contributed by atoms with Gasteiger partial charge in [0.15, 0.2) is 0 Å². The maximum absolute atomic E-state index is 12.2. The van der Waals surface area contributed by atoms with Gasteiger partial charge in [0.1, 0.15) is 17.9 Å². The van der Waals surface area contributed by atoms with Crippen LogP contribution in [0.1, 0.15) is 17.5 Å². The fourth-order valence-electron chi connectivity index (χ4n) is 2.51. The second-order valence-electron chi connectivity index (χ2n) is 5.78. The Morgan fingerprint density at radius 2 is 1.69 bits per heavy atom. The Morgan fingerprint density at radius 1 is 1.00 bits per heavy atom. The molecule has 0 heterocycles. The molecule has 0 radical (unpaired) electrons. The number of anilines is 2. The molecule has 0 aliphatic carbocycles. The van der Waals surface area contributed by atoms with E-state index in [-0.39, 0.29) is 6.42 Å². The highest BCUT2D eigenvalue weighted by Gasteiger charge is 2.15. The summed E-state index contributed by atoms with van der Waals surface area (Å²) in [5.41, 5.74) is 2.76. The van der Waals surface area contributed by atoms with Gasteiger partial charge in [-0.2, -0.15) is 0 Å². The summed E-state index contributed by atoms with van der Waals surface area (Å²) in [6.45, 7) is 3.76. The standard InChI is InChI=1S/C19H21ClN2O4/c1-11-7-12(2)19(14(20)8-11)22-18(24)10-17(23)21-15-9-13(25-3)5-6-16(15)26-4/h5-9H,10H2,1-4H3,(H,21,23)(H,22,24). The van der Waals surface area contributed by atoms with E-state index in [2.05, 4.69) is 10.6 Å². The number of benzene rings is 2. The molecule has 0 saturated heterocycles. The second-order valence-corrected chi connectivity index (χ2v) is 6.19. The molecule has 0 fully saturated rings. The first-order chi connectivity index (χ1) is 12.3. The summed E-state index contributed by atoms with van der Waals surface area (Å²) in [6, 6.07) is 8.66. The van der Waals surface area contributed by atoms with Crippen molar-refractivity contribution < 1.29 is 19.1 Å². The predicted molar refractivity (Wildman–Crippen MR) is 102 cm³/mol. The molecule has 0 aliphatic heterocycles. The Balaban J connectivity index is 2.05. The van der Waals surface area contributed by atoms with Gasteiger partial charge in [0.05, 0.1) is 30.6 Å². The van der Waals surface area contributed by atoms with Crippen LogP contribution in [0.25, 0.3) is 0 Å². The summed E-state index contributed by atoms with van der Waals surface area (Å²) in [5, 5.41) is 5.78. The van der Waals surface area contributed by atoms with Crippen molar-refractivity contribution in [3.8, 4) is 11.5 Å². The minimum Gasteiger partial charge on any atom is -0.497 e. The highest BCUT2D eigenvalue weighted by Crippen LogP contribution is 2.29. The van der Waals surface area contributed by atoms with Gasteiger partial charge in [-0.05, 0) is 43.2 Å². The van der Waals surface area contributed by atoms with Crippen LogP contribution in [-0.4, -0.2) is 26.0 Å². The van der Waals surface area contributed by atoms with Crippen LogP contribution < -0.4 is 20.1 Å². The van der Waals surface area contributed by atoms with Crippen molar-refractivity contribution in [2.24, 2.45) is 0 Å². The monoisotopic (exact) mass is 376 g/mol. The molecule has 6 nitrogen and oxygen atoms in total. The Labute approximate surface area is 157 Å². The number of aryl methyl sites for hydroxylation is 2. The molecule has 26 heavy (non-hydrogen) atoms. The average Bonchev–Trinajstić information content (AvgIpc) is 2.57. The summed E-state index contributed by atoms with van der Waals surface area (Å²) >= 11 is 6.17. The molecule has 0 unspecified atom stereocenters. The van der Waals surface area contributed by atoms with E-state index in [9.17, 15) is 9.59 Å². The minimum absolute atomic E-state index is 0.357. The fraction of sp³-hybridized carbons (Fsp3) is 0.263. The van der Waals surface area contributed by atoms with E-state index >= 15 is 0 Å².